The lowest BCUT2D eigenvalue weighted by atomic mass is 10.1. The van der Waals surface area contributed by atoms with Crippen LogP contribution >= 0.6 is 24.2 Å². The van der Waals surface area contributed by atoms with Crippen molar-refractivity contribution in [2.24, 2.45) is 5.92 Å². The zero-order valence-corrected chi connectivity index (χ0v) is 12.1. The molecule has 1 amide bonds. The van der Waals surface area contributed by atoms with Gasteiger partial charge in [-0.05, 0) is 7.05 Å². The highest BCUT2D eigenvalue weighted by Gasteiger charge is 2.10. The van der Waals surface area contributed by atoms with Gasteiger partial charge < -0.3 is 15.4 Å². The first-order valence-corrected chi connectivity index (χ1v) is 6.34. The van der Waals surface area contributed by atoms with Gasteiger partial charge in [-0.1, -0.05) is 6.92 Å². The van der Waals surface area contributed by atoms with Crippen LogP contribution in [0.5, 0.6) is 0 Å². The van der Waals surface area contributed by atoms with Crippen molar-refractivity contribution in [2.45, 2.75) is 6.92 Å². The van der Waals surface area contributed by atoms with Crippen LogP contribution in [0.2, 0.25) is 0 Å². The zero-order valence-electron chi connectivity index (χ0n) is 10.4. The van der Waals surface area contributed by atoms with E-state index in [0.717, 1.165) is 0 Å². The number of hydrogen-bond donors (Lipinski definition) is 2. The van der Waals surface area contributed by atoms with Crippen LogP contribution in [0.25, 0.3) is 0 Å². The number of halogens is 1. The van der Waals surface area contributed by atoms with Gasteiger partial charge in [-0.2, -0.15) is 0 Å². The molecule has 0 radical (unpaired) electrons. The van der Waals surface area contributed by atoms with E-state index in [0.29, 0.717) is 24.6 Å². The number of thioether (sulfide) groups is 1. The average molecular weight is 285 g/mol. The first-order chi connectivity index (χ1) is 7.61. The number of carbonyl (C=O) groups is 2. The molecule has 0 aliphatic heterocycles. The zero-order chi connectivity index (χ0) is 12.4. The summed E-state index contributed by atoms with van der Waals surface area (Å²) in [7, 11) is 3.18. The fraction of sp³-hybridized carbons (Fsp3) is 0.800. The molecule has 7 heteroatoms. The standard InChI is InChI=1S/C10H20N2O3S.ClH/c1-8(6-11-2)10(14)12-4-5-16-7-9(13)15-3;/h8,11H,4-7H2,1-3H3,(H,12,14);1H. The fourth-order valence-electron chi connectivity index (χ4n) is 1.03. The Morgan fingerprint density at radius 2 is 2.06 bits per heavy atom. The fourth-order valence-corrected chi connectivity index (χ4v) is 1.71. The third-order valence-corrected chi connectivity index (χ3v) is 2.88. The molecule has 0 fully saturated rings. The third kappa shape index (κ3) is 10.4. The molecule has 0 aromatic carbocycles. The summed E-state index contributed by atoms with van der Waals surface area (Å²) >= 11 is 1.45. The van der Waals surface area contributed by atoms with Crippen molar-refractivity contribution in [3.05, 3.63) is 0 Å². The maximum absolute atomic E-state index is 11.4. The summed E-state index contributed by atoms with van der Waals surface area (Å²) in [6.07, 6.45) is 0. The molecule has 1 atom stereocenters. The van der Waals surface area contributed by atoms with Crippen LogP contribution in [0.3, 0.4) is 0 Å². The van der Waals surface area contributed by atoms with Gasteiger partial charge in [0.25, 0.3) is 0 Å². The number of methoxy groups -OCH3 is 1. The monoisotopic (exact) mass is 284 g/mol. The van der Waals surface area contributed by atoms with E-state index >= 15 is 0 Å². The van der Waals surface area contributed by atoms with E-state index in [1.165, 1.54) is 18.9 Å². The van der Waals surface area contributed by atoms with Crippen molar-refractivity contribution in [1.82, 2.24) is 10.6 Å². The van der Waals surface area contributed by atoms with Gasteiger partial charge in [0, 0.05) is 24.8 Å². The summed E-state index contributed by atoms with van der Waals surface area (Å²) in [6, 6.07) is 0. The molecule has 102 valence electrons. The molecule has 0 saturated heterocycles. The van der Waals surface area contributed by atoms with E-state index < -0.39 is 0 Å². The Morgan fingerprint density at radius 1 is 1.41 bits per heavy atom. The summed E-state index contributed by atoms with van der Waals surface area (Å²) in [4.78, 5) is 22.2. The largest absolute Gasteiger partial charge is 0.468 e. The van der Waals surface area contributed by atoms with Crippen molar-refractivity contribution in [3.8, 4) is 0 Å². The van der Waals surface area contributed by atoms with Gasteiger partial charge >= 0.3 is 5.97 Å². The number of carbonyl (C=O) groups excluding carboxylic acids is 2. The second-order valence-electron chi connectivity index (χ2n) is 3.38. The summed E-state index contributed by atoms with van der Waals surface area (Å²) in [6.45, 7) is 3.11. The summed E-state index contributed by atoms with van der Waals surface area (Å²) in [5, 5.41) is 5.75. The Balaban J connectivity index is 0. The van der Waals surface area contributed by atoms with E-state index in [1.807, 2.05) is 14.0 Å². The number of rotatable bonds is 8. The Morgan fingerprint density at radius 3 is 2.59 bits per heavy atom. The Kier molecular flexibility index (Phi) is 13.3. The molecule has 0 heterocycles. The molecule has 0 spiro atoms. The van der Waals surface area contributed by atoms with Gasteiger partial charge in [-0.3, -0.25) is 9.59 Å². The first kappa shape index (κ1) is 18.9. The minimum atomic E-state index is -0.236. The van der Waals surface area contributed by atoms with Gasteiger partial charge in [-0.25, -0.2) is 0 Å². The van der Waals surface area contributed by atoms with Gasteiger partial charge in [0.2, 0.25) is 5.91 Å². The summed E-state index contributed by atoms with van der Waals surface area (Å²) < 4.78 is 4.49. The van der Waals surface area contributed by atoms with Crippen molar-refractivity contribution >= 4 is 36.0 Å². The van der Waals surface area contributed by atoms with Crippen molar-refractivity contribution in [1.29, 1.82) is 0 Å². The Labute approximate surface area is 113 Å². The molecule has 0 saturated carbocycles. The highest BCUT2D eigenvalue weighted by atomic mass is 35.5. The molecule has 0 aromatic heterocycles. The molecule has 5 nitrogen and oxygen atoms in total. The van der Waals surface area contributed by atoms with Crippen molar-refractivity contribution in [3.63, 3.8) is 0 Å². The molecule has 0 aliphatic carbocycles. The molecular formula is C10H21ClN2O3S. The molecule has 2 N–H and O–H groups in total. The number of nitrogens with one attached hydrogen (secondary N) is 2. The van der Waals surface area contributed by atoms with Crippen LogP contribution in [0.15, 0.2) is 0 Å². The van der Waals surface area contributed by atoms with Crippen LogP contribution in [-0.4, -0.2) is 50.6 Å². The van der Waals surface area contributed by atoms with Crippen LogP contribution in [0.1, 0.15) is 6.92 Å². The van der Waals surface area contributed by atoms with Gasteiger partial charge in [0.15, 0.2) is 0 Å². The van der Waals surface area contributed by atoms with Crippen LogP contribution in [0.4, 0.5) is 0 Å². The minimum absolute atomic E-state index is 0. The number of esters is 1. The maximum Gasteiger partial charge on any atom is 0.315 e. The molecule has 1 unspecified atom stereocenters. The van der Waals surface area contributed by atoms with Crippen LogP contribution in [-0.2, 0) is 14.3 Å². The van der Waals surface area contributed by atoms with Crippen LogP contribution < -0.4 is 10.6 Å². The second-order valence-corrected chi connectivity index (χ2v) is 4.48. The second kappa shape index (κ2) is 12.0. The molecule has 0 aliphatic rings. The molecule has 0 bridgehead atoms. The predicted molar refractivity (Wildman–Crippen MR) is 72.7 cm³/mol. The SMILES string of the molecule is CNCC(C)C(=O)NCCSCC(=O)OC.Cl. The first-order valence-electron chi connectivity index (χ1n) is 5.18. The van der Waals surface area contributed by atoms with Gasteiger partial charge in [-0.15, -0.1) is 24.2 Å². The maximum atomic E-state index is 11.4. The average Bonchev–Trinajstić information content (AvgIpc) is 2.28. The van der Waals surface area contributed by atoms with E-state index in [-0.39, 0.29) is 30.2 Å². The van der Waals surface area contributed by atoms with E-state index in [1.54, 1.807) is 0 Å². The van der Waals surface area contributed by atoms with E-state index in [2.05, 4.69) is 15.4 Å². The smallest absolute Gasteiger partial charge is 0.315 e. The van der Waals surface area contributed by atoms with E-state index in [9.17, 15) is 9.59 Å². The van der Waals surface area contributed by atoms with Gasteiger partial charge in [0.1, 0.15) is 0 Å². The normalized spacial score (nSPS) is 11.2. The van der Waals surface area contributed by atoms with Crippen molar-refractivity contribution in [2.75, 3.05) is 38.8 Å². The van der Waals surface area contributed by atoms with Crippen molar-refractivity contribution < 1.29 is 14.3 Å². The Hall–Kier alpha value is -0.460. The Bertz CT molecular complexity index is 230. The number of amides is 1. The lowest BCUT2D eigenvalue weighted by Gasteiger charge is -2.11. The molecule has 0 aromatic rings. The predicted octanol–water partition coefficient (Wildman–Crippen LogP) is 0.286. The third-order valence-electron chi connectivity index (χ3n) is 1.95. The lowest BCUT2D eigenvalue weighted by molar-refractivity contribution is -0.137. The highest BCUT2D eigenvalue weighted by Crippen LogP contribution is 1.99. The van der Waals surface area contributed by atoms with Crippen LogP contribution in [0, 0.1) is 5.92 Å². The molecule has 0 rings (SSSR count). The minimum Gasteiger partial charge on any atom is -0.468 e. The summed E-state index contributed by atoms with van der Waals surface area (Å²) in [5.74, 6) is 0.814. The van der Waals surface area contributed by atoms with E-state index in [4.69, 9.17) is 0 Å². The quantitative estimate of drug-likeness (QED) is 0.495. The lowest BCUT2D eigenvalue weighted by Crippen LogP contribution is -2.35. The molecule has 17 heavy (non-hydrogen) atoms. The topological polar surface area (TPSA) is 67.4 Å². The summed E-state index contributed by atoms with van der Waals surface area (Å²) in [5.41, 5.74) is 0. The highest BCUT2D eigenvalue weighted by molar-refractivity contribution is 7.99. The number of ether oxygens (including phenoxy) is 1. The number of hydrogen-bond acceptors (Lipinski definition) is 5. The van der Waals surface area contributed by atoms with Gasteiger partial charge in [0.05, 0.1) is 12.9 Å². The molecular weight excluding hydrogens is 264 g/mol.